The molecule has 0 radical (unpaired) electrons. The fourth-order valence-corrected chi connectivity index (χ4v) is 1.51. The lowest BCUT2D eigenvalue weighted by atomic mass is 10.2. The minimum atomic E-state index is -1.12. The Bertz CT molecular complexity index is 418. The van der Waals surface area contributed by atoms with E-state index < -0.39 is 5.97 Å². The molecule has 0 bridgehead atoms. The van der Waals surface area contributed by atoms with Crippen molar-refractivity contribution in [2.24, 2.45) is 5.73 Å². The lowest BCUT2D eigenvalue weighted by molar-refractivity contribution is -0.121. The maximum absolute atomic E-state index is 11.4. The number of rotatable bonds is 9. The molecule has 19 heavy (non-hydrogen) atoms. The van der Waals surface area contributed by atoms with Crippen LogP contribution in [0.3, 0.4) is 0 Å². The van der Waals surface area contributed by atoms with Gasteiger partial charge in [0.2, 0.25) is 5.91 Å². The number of aromatic nitrogens is 3. The van der Waals surface area contributed by atoms with Crippen LogP contribution in [0, 0.1) is 0 Å². The summed E-state index contributed by atoms with van der Waals surface area (Å²) in [5.41, 5.74) is 5.25. The summed E-state index contributed by atoms with van der Waals surface area (Å²) in [4.78, 5) is 22.0. The number of hydrogen-bond acceptors (Lipinski definition) is 5. The third-order valence-electron chi connectivity index (χ3n) is 2.53. The van der Waals surface area contributed by atoms with Crippen LogP contribution in [0.5, 0.6) is 0 Å². The number of amides is 1. The molecular weight excluding hydrogens is 250 g/mol. The second-order valence-electron chi connectivity index (χ2n) is 4.12. The third kappa shape index (κ3) is 5.96. The van der Waals surface area contributed by atoms with Crippen molar-refractivity contribution >= 4 is 11.9 Å². The Morgan fingerprint density at radius 2 is 2.16 bits per heavy atom. The molecule has 1 aromatic heterocycles. The maximum Gasteiger partial charge on any atom is 0.358 e. The number of nitrogens with zero attached hydrogens (tertiary/aromatic N) is 3. The van der Waals surface area contributed by atoms with Gasteiger partial charge >= 0.3 is 5.97 Å². The van der Waals surface area contributed by atoms with Gasteiger partial charge < -0.3 is 16.2 Å². The molecule has 8 heteroatoms. The van der Waals surface area contributed by atoms with E-state index in [1.807, 2.05) is 0 Å². The summed E-state index contributed by atoms with van der Waals surface area (Å²) in [6, 6.07) is 0. The topological polar surface area (TPSA) is 123 Å². The zero-order chi connectivity index (χ0) is 14.1. The number of aromatic carboxylic acids is 1. The van der Waals surface area contributed by atoms with Gasteiger partial charge in [-0.15, -0.1) is 5.10 Å². The molecule has 0 aliphatic rings. The van der Waals surface area contributed by atoms with E-state index in [0.717, 1.165) is 19.3 Å². The summed E-state index contributed by atoms with van der Waals surface area (Å²) >= 11 is 0. The van der Waals surface area contributed by atoms with Gasteiger partial charge in [0.1, 0.15) is 0 Å². The van der Waals surface area contributed by atoms with Crippen molar-refractivity contribution in [3.05, 3.63) is 11.9 Å². The van der Waals surface area contributed by atoms with E-state index >= 15 is 0 Å². The number of carboxylic acid groups (broad SMARTS) is 1. The Balaban J connectivity index is 2.15. The molecule has 1 rings (SSSR count). The molecule has 106 valence electrons. The molecule has 0 saturated heterocycles. The zero-order valence-corrected chi connectivity index (χ0v) is 10.7. The number of nitrogens with one attached hydrogen (secondary N) is 1. The molecule has 0 atom stereocenters. The molecule has 0 aliphatic heterocycles. The van der Waals surface area contributed by atoms with Crippen LogP contribution in [0.2, 0.25) is 0 Å². The number of nitrogens with two attached hydrogens (primary N) is 1. The average molecular weight is 269 g/mol. The van der Waals surface area contributed by atoms with Gasteiger partial charge in [0.15, 0.2) is 5.69 Å². The lowest BCUT2D eigenvalue weighted by Gasteiger charge is -2.04. The monoisotopic (exact) mass is 269 g/mol. The molecule has 0 aromatic carbocycles. The molecule has 1 amide bonds. The highest BCUT2D eigenvalue weighted by molar-refractivity contribution is 5.84. The van der Waals surface area contributed by atoms with E-state index in [4.69, 9.17) is 10.8 Å². The van der Waals surface area contributed by atoms with Gasteiger partial charge in [-0.2, -0.15) is 0 Å². The van der Waals surface area contributed by atoms with Gasteiger partial charge in [0, 0.05) is 13.0 Å². The molecule has 1 heterocycles. The summed E-state index contributed by atoms with van der Waals surface area (Å²) in [5, 5.41) is 18.5. The first-order valence-corrected chi connectivity index (χ1v) is 6.23. The highest BCUT2D eigenvalue weighted by Gasteiger charge is 2.08. The third-order valence-corrected chi connectivity index (χ3v) is 2.53. The van der Waals surface area contributed by atoms with Crippen LogP contribution in [0.15, 0.2) is 6.20 Å². The van der Waals surface area contributed by atoms with Crippen LogP contribution in [0.25, 0.3) is 0 Å². The van der Waals surface area contributed by atoms with Crippen molar-refractivity contribution in [1.29, 1.82) is 0 Å². The number of hydrogen-bond donors (Lipinski definition) is 3. The molecule has 0 fully saturated rings. The molecule has 4 N–H and O–H groups in total. The molecule has 0 saturated carbocycles. The Morgan fingerprint density at radius 1 is 1.37 bits per heavy atom. The van der Waals surface area contributed by atoms with Gasteiger partial charge in [0.25, 0.3) is 0 Å². The normalized spacial score (nSPS) is 10.4. The van der Waals surface area contributed by atoms with Crippen LogP contribution < -0.4 is 11.1 Å². The molecule has 1 aromatic rings. The zero-order valence-electron chi connectivity index (χ0n) is 10.7. The SMILES string of the molecule is NCCCCCC(=O)NCCn1cc(C(=O)O)nn1. The van der Waals surface area contributed by atoms with E-state index in [0.29, 0.717) is 26.1 Å². The first-order valence-electron chi connectivity index (χ1n) is 6.23. The average Bonchev–Trinajstić information content (AvgIpc) is 2.84. The molecule has 8 nitrogen and oxygen atoms in total. The standard InChI is InChI=1S/C11H19N5O3/c12-5-3-1-2-4-10(17)13-6-7-16-8-9(11(18)19)14-15-16/h8H,1-7,12H2,(H,13,17)(H,18,19). The van der Waals surface area contributed by atoms with Crippen molar-refractivity contribution in [1.82, 2.24) is 20.3 Å². The van der Waals surface area contributed by atoms with Gasteiger partial charge in [-0.3, -0.25) is 4.79 Å². The fraction of sp³-hybridized carbons (Fsp3) is 0.636. The van der Waals surface area contributed by atoms with Crippen molar-refractivity contribution in [2.45, 2.75) is 32.2 Å². The van der Waals surface area contributed by atoms with Crippen LogP contribution in [0.4, 0.5) is 0 Å². The van der Waals surface area contributed by atoms with E-state index in [-0.39, 0.29) is 11.6 Å². The summed E-state index contributed by atoms with van der Waals surface area (Å²) in [7, 11) is 0. The number of carbonyl (C=O) groups is 2. The fourth-order valence-electron chi connectivity index (χ4n) is 1.51. The first-order chi connectivity index (χ1) is 9.13. The molecular formula is C11H19N5O3. The van der Waals surface area contributed by atoms with Gasteiger partial charge in [-0.05, 0) is 19.4 Å². The Labute approximate surface area is 111 Å². The summed E-state index contributed by atoms with van der Waals surface area (Å²) in [6.45, 7) is 1.45. The first kappa shape index (κ1) is 15.1. The Morgan fingerprint density at radius 3 is 2.79 bits per heavy atom. The van der Waals surface area contributed by atoms with Crippen LogP contribution in [0.1, 0.15) is 36.2 Å². The number of unbranched alkanes of at least 4 members (excludes halogenated alkanes) is 2. The van der Waals surface area contributed by atoms with Crippen LogP contribution in [-0.2, 0) is 11.3 Å². The maximum atomic E-state index is 11.4. The molecule has 0 spiro atoms. The molecule has 0 aliphatic carbocycles. The predicted octanol–water partition coefficient (Wildman–Crippen LogP) is -0.388. The summed E-state index contributed by atoms with van der Waals surface area (Å²) < 4.78 is 1.39. The predicted molar refractivity (Wildman–Crippen MR) is 67.5 cm³/mol. The second kappa shape index (κ2) is 8.20. The van der Waals surface area contributed by atoms with Gasteiger partial charge in [-0.25, -0.2) is 9.48 Å². The van der Waals surface area contributed by atoms with Crippen molar-refractivity contribution in [3.8, 4) is 0 Å². The largest absolute Gasteiger partial charge is 0.476 e. The van der Waals surface area contributed by atoms with E-state index in [1.54, 1.807) is 0 Å². The smallest absolute Gasteiger partial charge is 0.358 e. The Hall–Kier alpha value is -1.96. The lowest BCUT2D eigenvalue weighted by Crippen LogP contribution is -2.27. The summed E-state index contributed by atoms with van der Waals surface area (Å²) in [5.74, 6) is -1.13. The number of carboxylic acids is 1. The highest BCUT2D eigenvalue weighted by Crippen LogP contribution is 1.98. The van der Waals surface area contributed by atoms with Crippen LogP contribution in [-0.4, -0.2) is 45.1 Å². The quantitative estimate of drug-likeness (QED) is 0.525. The number of carbonyl (C=O) groups excluding carboxylic acids is 1. The second-order valence-corrected chi connectivity index (χ2v) is 4.12. The van der Waals surface area contributed by atoms with Crippen molar-refractivity contribution in [2.75, 3.05) is 13.1 Å². The highest BCUT2D eigenvalue weighted by atomic mass is 16.4. The summed E-state index contributed by atoms with van der Waals surface area (Å²) in [6.07, 6.45) is 4.53. The van der Waals surface area contributed by atoms with Crippen molar-refractivity contribution < 1.29 is 14.7 Å². The van der Waals surface area contributed by atoms with E-state index in [2.05, 4.69) is 15.6 Å². The van der Waals surface area contributed by atoms with Gasteiger partial charge in [0.05, 0.1) is 12.7 Å². The van der Waals surface area contributed by atoms with Crippen LogP contribution >= 0.6 is 0 Å². The van der Waals surface area contributed by atoms with Crippen molar-refractivity contribution in [3.63, 3.8) is 0 Å². The van der Waals surface area contributed by atoms with Gasteiger partial charge in [-0.1, -0.05) is 11.6 Å². The minimum Gasteiger partial charge on any atom is -0.476 e. The Kier molecular flexibility index (Phi) is 6.51. The van der Waals surface area contributed by atoms with E-state index in [9.17, 15) is 9.59 Å². The minimum absolute atomic E-state index is 0.0180. The molecule has 0 unspecified atom stereocenters. The van der Waals surface area contributed by atoms with E-state index in [1.165, 1.54) is 10.9 Å².